The molecule has 0 radical (unpaired) electrons. The Labute approximate surface area is 274 Å². The van der Waals surface area contributed by atoms with Gasteiger partial charge in [0, 0.05) is 31.7 Å². The molecular formula is C32H48Cl2NO3PPdS. The van der Waals surface area contributed by atoms with E-state index in [-0.39, 0.29) is 25.8 Å². The molecule has 234 valence electrons. The van der Waals surface area contributed by atoms with Gasteiger partial charge < -0.3 is 5.73 Å². The molecule has 3 aliphatic rings. The van der Waals surface area contributed by atoms with Crippen LogP contribution in [0.3, 0.4) is 0 Å². The molecule has 41 heavy (non-hydrogen) atoms. The van der Waals surface area contributed by atoms with Gasteiger partial charge in [0.25, 0.3) is 10.1 Å². The fraction of sp³-hybridized carbons (Fsp3) is 0.625. The standard InChI is InChI=1S/C18H33P.C13H13NO3S.CH2Cl2.Pd/c1-4-10-16(11-5-1)19(17-12-6-2-7-13-17)18-14-8-3-9-15-18;14-13-8-4-3-7-12(13)11-6-2-1-5-10(11)9-18(15,16)17;2-1-3;/h16-18H,1-15H2;1-8H,9,14H2,(H,15,16,17);1H2;. The molecule has 2 aromatic carbocycles. The molecule has 0 atom stereocenters. The number of halogens is 2. The minimum Gasteiger partial charge on any atom is -0.398 e. The number of nitrogen functional groups attached to an aromatic ring is 1. The molecule has 0 saturated heterocycles. The second kappa shape index (κ2) is 20.0. The first-order valence-electron chi connectivity index (χ1n) is 15.1. The number of hydrogen-bond donors (Lipinski definition) is 2. The SMILES string of the molecule is C1CCC(P(C2CCCCC2)C2CCCCC2)CC1.ClCCl.Nc1ccccc1-c1ccccc1CS(=O)(=O)O.[Pd]. The first-order valence-corrected chi connectivity index (χ1v) is 19.3. The molecule has 5 rings (SSSR count). The van der Waals surface area contributed by atoms with Gasteiger partial charge in [-0.25, -0.2) is 0 Å². The molecule has 9 heteroatoms. The van der Waals surface area contributed by atoms with Crippen molar-refractivity contribution in [3.8, 4) is 11.1 Å². The van der Waals surface area contributed by atoms with Gasteiger partial charge in [-0.2, -0.15) is 8.42 Å². The van der Waals surface area contributed by atoms with Gasteiger partial charge in [-0.3, -0.25) is 4.55 Å². The van der Waals surface area contributed by atoms with Crippen LogP contribution in [0.4, 0.5) is 5.69 Å². The van der Waals surface area contributed by atoms with E-state index in [4.69, 9.17) is 33.5 Å². The van der Waals surface area contributed by atoms with Crippen LogP contribution in [0.15, 0.2) is 48.5 Å². The molecule has 0 aliphatic heterocycles. The minimum absolute atomic E-state index is 0. The third kappa shape index (κ3) is 12.8. The number of rotatable bonds is 6. The van der Waals surface area contributed by atoms with E-state index in [0.717, 1.165) is 5.56 Å². The minimum atomic E-state index is -4.06. The average molecular weight is 735 g/mol. The molecule has 0 aromatic heterocycles. The summed E-state index contributed by atoms with van der Waals surface area (Å²) in [7, 11) is -3.68. The summed E-state index contributed by atoms with van der Waals surface area (Å²) in [5, 5.41) is 0.194. The Morgan fingerprint density at radius 3 is 1.44 bits per heavy atom. The zero-order chi connectivity index (χ0) is 28.8. The monoisotopic (exact) mass is 733 g/mol. The summed E-state index contributed by atoms with van der Waals surface area (Å²) in [6, 6.07) is 14.2. The van der Waals surface area contributed by atoms with Crippen molar-refractivity contribution in [2.45, 2.75) is 119 Å². The van der Waals surface area contributed by atoms with E-state index in [1.54, 1.807) is 107 Å². The van der Waals surface area contributed by atoms with Gasteiger partial charge >= 0.3 is 0 Å². The number of hydrogen-bond acceptors (Lipinski definition) is 3. The van der Waals surface area contributed by atoms with Gasteiger partial charge in [0.1, 0.15) is 5.75 Å². The predicted octanol–water partition coefficient (Wildman–Crippen LogP) is 10.2. The number of nitrogens with two attached hydrogens (primary N) is 1. The molecule has 0 heterocycles. The van der Waals surface area contributed by atoms with Crippen molar-refractivity contribution in [2.24, 2.45) is 0 Å². The number of alkyl halides is 2. The van der Waals surface area contributed by atoms with Crippen LogP contribution < -0.4 is 5.73 Å². The summed E-state index contributed by atoms with van der Waals surface area (Å²) in [5.74, 6) is -0.419. The summed E-state index contributed by atoms with van der Waals surface area (Å²) in [6.45, 7) is 0. The molecule has 2 aromatic rings. The molecule has 0 amide bonds. The normalized spacial score (nSPS) is 18.8. The fourth-order valence-corrected chi connectivity index (χ4v) is 12.2. The first kappa shape index (κ1) is 37.0. The maximum atomic E-state index is 11.0. The Hall–Kier alpha value is -0.178. The van der Waals surface area contributed by atoms with E-state index in [1.165, 1.54) is 36.2 Å². The Balaban J connectivity index is 0.000000257. The zero-order valence-electron chi connectivity index (χ0n) is 24.1. The van der Waals surface area contributed by atoms with E-state index in [0.29, 0.717) is 24.7 Å². The van der Waals surface area contributed by atoms with Crippen molar-refractivity contribution in [3.63, 3.8) is 0 Å². The van der Waals surface area contributed by atoms with Crippen LogP contribution in [-0.2, 0) is 36.3 Å². The molecule has 3 fully saturated rings. The molecule has 4 nitrogen and oxygen atoms in total. The summed E-state index contributed by atoms with van der Waals surface area (Å²) in [5.41, 5.74) is 12.0. The van der Waals surface area contributed by atoms with E-state index >= 15 is 0 Å². The van der Waals surface area contributed by atoms with Gasteiger partial charge in [0.15, 0.2) is 0 Å². The van der Waals surface area contributed by atoms with Crippen LogP contribution in [0.2, 0.25) is 0 Å². The van der Waals surface area contributed by atoms with Crippen LogP contribution in [0.1, 0.15) is 102 Å². The molecule has 0 bridgehead atoms. The van der Waals surface area contributed by atoms with Gasteiger partial charge in [-0.1, -0.05) is 108 Å². The van der Waals surface area contributed by atoms with Crippen LogP contribution >= 0.6 is 31.1 Å². The van der Waals surface area contributed by atoms with Crippen molar-refractivity contribution in [1.29, 1.82) is 0 Å². The van der Waals surface area contributed by atoms with E-state index in [1.807, 2.05) is 18.2 Å². The molecular weight excluding hydrogens is 687 g/mol. The smallest absolute Gasteiger partial charge is 0.269 e. The van der Waals surface area contributed by atoms with Gasteiger partial charge in [0.2, 0.25) is 0 Å². The van der Waals surface area contributed by atoms with Crippen LogP contribution in [-0.4, -0.2) is 35.3 Å². The molecule has 0 unspecified atom stereocenters. The molecule has 3 saturated carbocycles. The summed E-state index contributed by atoms with van der Waals surface area (Å²) in [4.78, 5) is 0. The quantitative estimate of drug-likeness (QED) is 0.102. The van der Waals surface area contributed by atoms with E-state index in [9.17, 15) is 8.42 Å². The topological polar surface area (TPSA) is 80.4 Å². The molecule has 3 aliphatic carbocycles. The maximum absolute atomic E-state index is 11.0. The second-order valence-electron chi connectivity index (χ2n) is 11.4. The fourth-order valence-electron chi connectivity index (χ4n) is 6.88. The van der Waals surface area contributed by atoms with Gasteiger partial charge in [-0.15, -0.1) is 23.2 Å². The predicted molar refractivity (Wildman–Crippen MR) is 176 cm³/mol. The summed E-state index contributed by atoms with van der Waals surface area (Å²) in [6.07, 6.45) is 23.6. The summed E-state index contributed by atoms with van der Waals surface area (Å²) < 4.78 is 30.9. The van der Waals surface area contributed by atoms with E-state index in [2.05, 4.69) is 0 Å². The average Bonchev–Trinajstić information content (AvgIpc) is 2.96. The maximum Gasteiger partial charge on any atom is 0.269 e. The number of para-hydroxylation sites is 1. The number of benzene rings is 2. The van der Waals surface area contributed by atoms with Crippen LogP contribution in [0, 0.1) is 0 Å². The van der Waals surface area contributed by atoms with Gasteiger partial charge in [-0.05, 0) is 72.7 Å². The molecule has 0 spiro atoms. The van der Waals surface area contributed by atoms with Crippen LogP contribution in [0.5, 0.6) is 0 Å². The van der Waals surface area contributed by atoms with Crippen molar-refractivity contribution in [2.75, 3.05) is 11.1 Å². The van der Waals surface area contributed by atoms with Crippen molar-refractivity contribution < 1.29 is 33.4 Å². The Kier molecular flexibility index (Phi) is 18.0. The number of anilines is 1. The van der Waals surface area contributed by atoms with E-state index < -0.39 is 15.9 Å². The largest absolute Gasteiger partial charge is 0.398 e. The zero-order valence-corrected chi connectivity index (χ0v) is 28.9. The second-order valence-corrected chi connectivity index (χ2v) is 16.7. The summed E-state index contributed by atoms with van der Waals surface area (Å²) >= 11 is 9.53. The van der Waals surface area contributed by atoms with Gasteiger partial charge in [0.05, 0.1) is 5.34 Å². The van der Waals surface area contributed by atoms with Crippen molar-refractivity contribution >= 4 is 46.9 Å². The first-order chi connectivity index (χ1) is 19.3. The Morgan fingerprint density at radius 1 is 0.683 bits per heavy atom. The Morgan fingerprint density at radius 2 is 1.05 bits per heavy atom. The van der Waals surface area contributed by atoms with Crippen molar-refractivity contribution in [1.82, 2.24) is 0 Å². The van der Waals surface area contributed by atoms with Crippen LogP contribution in [0.25, 0.3) is 11.1 Å². The molecule has 3 N–H and O–H groups in total. The van der Waals surface area contributed by atoms with Crippen molar-refractivity contribution in [3.05, 3.63) is 54.1 Å². The Bertz CT molecular complexity index is 1060. The third-order valence-electron chi connectivity index (χ3n) is 8.60. The third-order valence-corrected chi connectivity index (χ3v) is 13.4.